The lowest BCUT2D eigenvalue weighted by molar-refractivity contribution is 0.158. The van der Waals surface area contributed by atoms with Crippen molar-refractivity contribution in [3.8, 4) is 5.88 Å². The smallest absolute Gasteiger partial charge is 0.239 e. The fourth-order valence-electron chi connectivity index (χ4n) is 1.26. The third kappa shape index (κ3) is 4.91. The lowest BCUT2D eigenvalue weighted by Crippen LogP contribution is -2.13. The Hall–Kier alpha value is -1.49. The highest BCUT2D eigenvalue weighted by Crippen LogP contribution is 2.21. The van der Waals surface area contributed by atoms with Gasteiger partial charge in [0.2, 0.25) is 5.88 Å². The fraction of sp³-hybridized carbons (Fsp3) is 0.583. The molecule has 1 aromatic heterocycles. The molecular formula is C12H21N3O2. The number of aromatic nitrogens is 1. The second-order valence-electron chi connectivity index (χ2n) is 3.88. The quantitative estimate of drug-likeness (QED) is 0.711. The molecule has 0 aliphatic heterocycles. The van der Waals surface area contributed by atoms with Crippen molar-refractivity contribution in [2.45, 2.75) is 26.9 Å². The molecule has 5 nitrogen and oxygen atoms in total. The van der Waals surface area contributed by atoms with Crippen molar-refractivity contribution in [1.29, 1.82) is 0 Å². The summed E-state index contributed by atoms with van der Waals surface area (Å²) in [5.74, 6) is 1.22. The number of hydrogen-bond acceptors (Lipinski definition) is 5. The molecule has 1 heterocycles. The van der Waals surface area contributed by atoms with Crippen LogP contribution in [-0.4, -0.2) is 30.8 Å². The van der Waals surface area contributed by atoms with Gasteiger partial charge in [0, 0.05) is 13.2 Å². The lowest BCUT2D eigenvalue weighted by Gasteiger charge is -2.12. The zero-order chi connectivity index (χ0) is 12.7. The van der Waals surface area contributed by atoms with Crippen molar-refractivity contribution in [1.82, 2.24) is 4.98 Å². The van der Waals surface area contributed by atoms with Gasteiger partial charge in [0.05, 0.1) is 18.4 Å². The fourth-order valence-corrected chi connectivity index (χ4v) is 1.26. The molecule has 0 amide bonds. The predicted molar refractivity (Wildman–Crippen MR) is 69.4 cm³/mol. The first-order valence-electron chi connectivity index (χ1n) is 5.88. The molecule has 0 aliphatic rings. The topological polar surface area (TPSA) is 69.4 Å². The van der Waals surface area contributed by atoms with Crippen LogP contribution in [0.25, 0.3) is 0 Å². The minimum Gasteiger partial charge on any atom is -0.473 e. The average molecular weight is 239 g/mol. The maximum atomic E-state index is 5.77. The Balaban J connectivity index is 2.55. The molecule has 0 aliphatic carbocycles. The van der Waals surface area contributed by atoms with E-state index in [1.54, 1.807) is 6.07 Å². The summed E-state index contributed by atoms with van der Waals surface area (Å²) in [6, 6.07) is 3.61. The molecule has 0 saturated carbocycles. The number of nitrogens with zero attached hydrogens (tertiary/aromatic N) is 1. The van der Waals surface area contributed by atoms with Gasteiger partial charge in [-0.05, 0) is 32.9 Å². The van der Waals surface area contributed by atoms with E-state index >= 15 is 0 Å². The Bertz CT molecular complexity index is 343. The maximum Gasteiger partial charge on any atom is 0.239 e. The Morgan fingerprint density at radius 1 is 1.41 bits per heavy atom. The minimum atomic E-state index is 0.0588. The summed E-state index contributed by atoms with van der Waals surface area (Å²) in [5.41, 5.74) is 6.32. The monoisotopic (exact) mass is 239 g/mol. The van der Waals surface area contributed by atoms with Crippen molar-refractivity contribution in [2.24, 2.45) is 0 Å². The van der Waals surface area contributed by atoms with Crippen LogP contribution in [0, 0.1) is 0 Å². The summed E-state index contributed by atoms with van der Waals surface area (Å²) in [6.07, 6.45) is 0.0588. The van der Waals surface area contributed by atoms with Crippen LogP contribution in [-0.2, 0) is 4.74 Å². The standard InChI is InChI=1S/C12H21N3O2/c1-4-16-8-7-14-11-6-5-10(13)12(15-11)17-9(2)3/h5-6,9H,4,7-8,13H2,1-3H3,(H,14,15). The zero-order valence-electron chi connectivity index (χ0n) is 10.7. The molecule has 96 valence electrons. The molecule has 0 spiro atoms. The molecule has 0 aromatic carbocycles. The number of ether oxygens (including phenoxy) is 2. The van der Waals surface area contributed by atoms with Crippen molar-refractivity contribution < 1.29 is 9.47 Å². The van der Waals surface area contributed by atoms with Crippen LogP contribution < -0.4 is 15.8 Å². The van der Waals surface area contributed by atoms with Crippen LogP contribution in [0.4, 0.5) is 11.5 Å². The first-order valence-corrected chi connectivity index (χ1v) is 5.88. The highest BCUT2D eigenvalue weighted by molar-refractivity contribution is 5.53. The molecule has 0 radical (unpaired) electrons. The number of nitrogen functional groups attached to an aromatic ring is 1. The molecule has 1 aromatic rings. The first-order chi connectivity index (χ1) is 8.13. The summed E-state index contributed by atoms with van der Waals surface area (Å²) < 4.78 is 10.7. The molecule has 0 bridgehead atoms. The van der Waals surface area contributed by atoms with Crippen molar-refractivity contribution >= 4 is 11.5 Å². The molecule has 0 unspecified atom stereocenters. The van der Waals surface area contributed by atoms with Crippen molar-refractivity contribution in [3.05, 3.63) is 12.1 Å². The largest absolute Gasteiger partial charge is 0.473 e. The van der Waals surface area contributed by atoms with Crippen LogP contribution in [0.3, 0.4) is 0 Å². The summed E-state index contributed by atoms with van der Waals surface area (Å²) in [5, 5.41) is 3.15. The van der Waals surface area contributed by atoms with Gasteiger partial charge in [-0.2, -0.15) is 4.98 Å². The highest BCUT2D eigenvalue weighted by Gasteiger charge is 2.05. The molecule has 0 saturated heterocycles. The maximum absolute atomic E-state index is 5.77. The summed E-state index contributed by atoms with van der Waals surface area (Å²) in [6.45, 7) is 7.94. The van der Waals surface area contributed by atoms with Gasteiger partial charge in [-0.1, -0.05) is 0 Å². The molecule has 0 atom stereocenters. The van der Waals surface area contributed by atoms with Crippen LogP contribution in [0.15, 0.2) is 12.1 Å². The average Bonchev–Trinajstić information content (AvgIpc) is 2.28. The normalized spacial score (nSPS) is 10.6. The molecule has 5 heteroatoms. The van der Waals surface area contributed by atoms with Gasteiger partial charge in [0.1, 0.15) is 5.82 Å². The lowest BCUT2D eigenvalue weighted by atomic mass is 10.4. The summed E-state index contributed by atoms with van der Waals surface area (Å²) in [4.78, 5) is 4.30. The van der Waals surface area contributed by atoms with E-state index in [-0.39, 0.29) is 6.10 Å². The first kappa shape index (κ1) is 13.6. The van der Waals surface area contributed by atoms with Crippen molar-refractivity contribution in [2.75, 3.05) is 30.8 Å². The van der Waals surface area contributed by atoms with E-state index in [4.69, 9.17) is 15.2 Å². The third-order valence-electron chi connectivity index (χ3n) is 1.99. The van der Waals surface area contributed by atoms with Gasteiger partial charge in [-0.25, -0.2) is 0 Å². The number of hydrogen-bond donors (Lipinski definition) is 2. The van der Waals surface area contributed by atoms with E-state index in [0.717, 1.165) is 12.4 Å². The Kier molecular flexibility index (Phi) is 5.56. The van der Waals surface area contributed by atoms with Gasteiger partial charge in [-0.3, -0.25) is 0 Å². The number of nitrogens with two attached hydrogens (primary N) is 1. The highest BCUT2D eigenvalue weighted by atomic mass is 16.5. The number of anilines is 2. The second-order valence-corrected chi connectivity index (χ2v) is 3.88. The molecule has 17 heavy (non-hydrogen) atoms. The molecule has 1 rings (SSSR count). The van der Waals surface area contributed by atoms with Crippen LogP contribution in [0.1, 0.15) is 20.8 Å². The van der Waals surface area contributed by atoms with Gasteiger partial charge in [0.25, 0.3) is 0 Å². The Morgan fingerprint density at radius 2 is 2.18 bits per heavy atom. The van der Waals surface area contributed by atoms with E-state index < -0.39 is 0 Å². The molecule has 3 N–H and O–H groups in total. The van der Waals surface area contributed by atoms with Crippen LogP contribution in [0.5, 0.6) is 5.88 Å². The van der Waals surface area contributed by atoms with E-state index in [1.807, 2.05) is 26.8 Å². The van der Waals surface area contributed by atoms with E-state index in [0.29, 0.717) is 24.7 Å². The van der Waals surface area contributed by atoms with E-state index in [9.17, 15) is 0 Å². The third-order valence-corrected chi connectivity index (χ3v) is 1.99. The van der Waals surface area contributed by atoms with E-state index in [1.165, 1.54) is 0 Å². The molecule has 0 fully saturated rings. The van der Waals surface area contributed by atoms with Gasteiger partial charge in [0.15, 0.2) is 0 Å². The van der Waals surface area contributed by atoms with E-state index in [2.05, 4.69) is 10.3 Å². The number of pyridine rings is 1. The van der Waals surface area contributed by atoms with Crippen molar-refractivity contribution in [3.63, 3.8) is 0 Å². The van der Waals surface area contributed by atoms with Gasteiger partial charge in [-0.15, -0.1) is 0 Å². The second kappa shape index (κ2) is 6.96. The van der Waals surface area contributed by atoms with Crippen LogP contribution in [0.2, 0.25) is 0 Å². The summed E-state index contributed by atoms with van der Waals surface area (Å²) >= 11 is 0. The number of rotatable bonds is 7. The Labute approximate surface area is 102 Å². The minimum absolute atomic E-state index is 0.0588. The zero-order valence-corrected chi connectivity index (χ0v) is 10.7. The van der Waals surface area contributed by atoms with Gasteiger partial charge >= 0.3 is 0 Å². The Morgan fingerprint density at radius 3 is 2.82 bits per heavy atom. The van der Waals surface area contributed by atoms with Crippen LogP contribution >= 0.6 is 0 Å². The molecular weight excluding hydrogens is 218 g/mol. The number of nitrogens with one attached hydrogen (secondary N) is 1. The predicted octanol–water partition coefficient (Wildman–Crippen LogP) is 1.90. The van der Waals surface area contributed by atoms with Gasteiger partial charge < -0.3 is 20.5 Å². The SMILES string of the molecule is CCOCCNc1ccc(N)c(OC(C)C)n1. The summed E-state index contributed by atoms with van der Waals surface area (Å²) in [7, 11) is 0.